The molecule has 0 saturated carbocycles. The van der Waals surface area contributed by atoms with Crippen LogP contribution in [0.15, 0.2) is 0 Å². The van der Waals surface area contributed by atoms with Gasteiger partial charge in [-0.05, 0) is 78.3 Å². The monoisotopic (exact) mass is 283 g/mol. The topological polar surface area (TPSA) is 27.7 Å². The Bertz CT molecular complexity index is 248. The van der Waals surface area contributed by atoms with Gasteiger partial charge in [-0.15, -0.1) is 0 Å². The van der Waals surface area contributed by atoms with E-state index in [4.69, 9.17) is 4.74 Å². The van der Waals surface area contributed by atoms with Crippen molar-refractivity contribution in [3.05, 3.63) is 0 Å². The Balaban J connectivity index is 1.48. The molecule has 1 N–H and O–H groups in total. The molecule has 0 unspecified atom stereocenters. The first-order valence-electron chi connectivity index (χ1n) is 8.43. The van der Waals surface area contributed by atoms with Gasteiger partial charge in [0, 0.05) is 19.7 Å². The summed E-state index contributed by atoms with van der Waals surface area (Å²) < 4.78 is 5.96. The zero-order valence-corrected chi connectivity index (χ0v) is 13.4. The number of likely N-dealkylation sites (tertiary alicyclic amines) is 1. The lowest BCUT2D eigenvalue weighted by Gasteiger charge is -2.31. The van der Waals surface area contributed by atoms with Crippen molar-refractivity contribution >= 4 is 0 Å². The van der Waals surface area contributed by atoms with E-state index in [1.807, 2.05) is 0 Å². The standard InChI is InChI=1S/C16H33N3O/c1-18-11-6-15(7-12-18)14-19(2)10-3-13-20-16-4-8-17-9-5-16/h15-17H,3-14H2,1-2H3. The Morgan fingerprint density at radius 2 is 1.85 bits per heavy atom. The van der Waals surface area contributed by atoms with Crippen molar-refractivity contribution in [2.45, 2.75) is 38.2 Å². The molecule has 118 valence electrons. The molecule has 20 heavy (non-hydrogen) atoms. The van der Waals surface area contributed by atoms with Crippen molar-refractivity contribution in [2.24, 2.45) is 5.92 Å². The lowest BCUT2D eigenvalue weighted by Crippen LogP contribution is -2.36. The highest BCUT2D eigenvalue weighted by Gasteiger charge is 2.18. The average molecular weight is 283 g/mol. The third-order valence-electron chi connectivity index (χ3n) is 4.73. The molecule has 0 aromatic heterocycles. The van der Waals surface area contributed by atoms with Crippen LogP contribution in [-0.4, -0.2) is 75.9 Å². The van der Waals surface area contributed by atoms with E-state index in [9.17, 15) is 0 Å². The zero-order chi connectivity index (χ0) is 14.2. The maximum Gasteiger partial charge on any atom is 0.0599 e. The molecule has 2 saturated heterocycles. The Kier molecular flexibility index (Phi) is 7.28. The molecule has 2 aliphatic rings. The maximum absolute atomic E-state index is 5.96. The minimum absolute atomic E-state index is 0.510. The summed E-state index contributed by atoms with van der Waals surface area (Å²) in [6.07, 6.45) is 6.79. The number of hydrogen-bond donors (Lipinski definition) is 1. The highest BCUT2D eigenvalue weighted by atomic mass is 16.5. The predicted molar refractivity (Wildman–Crippen MR) is 84.2 cm³/mol. The van der Waals surface area contributed by atoms with Gasteiger partial charge in [0.15, 0.2) is 0 Å². The number of nitrogens with one attached hydrogen (secondary N) is 1. The molecule has 0 bridgehead atoms. The van der Waals surface area contributed by atoms with Crippen LogP contribution in [0.4, 0.5) is 0 Å². The number of rotatable bonds is 7. The average Bonchev–Trinajstić information content (AvgIpc) is 2.47. The van der Waals surface area contributed by atoms with Crippen molar-refractivity contribution in [3.63, 3.8) is 0 Å². The Morgan fingerprint density at radius 1 is 1.15 bits per heavy atom. The summed E-state index contributed by atoms with van der Waals surface area (Å²) in [4.78, 5) is 4.95. The van der Waals surface area contributed by atoms with Crippen molar-refractivity contribution in [2.75, 3.05) is 60.0 Å². The summed E-state index contributed by atoms with van der Waals surface area (Å²) in [7, 11) is 4.50. The number of hydrogen-bond acceptors (Lipinski definition) is 4. The second-order valence-electron chi connectivity index (χ2n) is 6.68. The summed E-state index contributed by atoms with van der Waals surface area (Å²) in [5.74, 6) is 0.904. The second kappa shape index (κ2) is 8.98. The minimum atomic E-state index is 0.510. The highest BCUT2D eigenvalue weighted by molar-refractivity contribution is 4.72. The van der Waals surface area contributed by atoms with Crippen molar-refractivity contribution < 1.29 is 4.74 Å². The number of piperidine rings is 2. The largest absolute Gasteiger partial charge is 0.378 e. The van der Waals surface area contributed by atoms with E-state index in [2.05, 4.69) is 29.2 Å². The lowest BCUT2D eigenvalue weighted by atomic mass is 9.97. The molecule has 0 radical (unpaired) electrons. The number of ether oxygens (including phenoxy) is 1. The van der Waals surface area contributed by atoms with E-state index >= 15 is 0 Å². The van der Waals surface area contributed by atoms with E-state index < -0.39 is 0 Å². The molecule has 0 aromatic carbocycles. The van der Waals surface area contributed by atoms with Crippen LogP contribution < -0.4 is 5.32 Å². The summed E-state index contributed by atoms with van der Waals surface area (Å²) in [6.45, 7) is 8.18. The molecule has 4 heteroatoms. The van der Waals surface area contributed by atoms with Crippen LogP contribution in [0.5, 0.6) is 0 Å². The lowest BCUT2D eigenvalue weighted by molar-refractivity contribution is 0.0278. The SMILES string of the molecule is CN1CCC(CN(C)CCCOC2CCNCC2)CC1. The summed E-state index contributed by atoms with van der Waals surface area (Å²) in [5.41, 5.74) is 0. The van der Waals surface area contributed by atoms with Crippen LogP contribution >= 0.6 is 0 Å². The Hall–Kier alpha value is -0.160. The highest BCUT2D eigenvalue weighted by Crippen LogP contribution is 2.16. The molecule has 2 aliphatic heterocycles. The predicted octanol–water partition coefficient (Wildman–Crippen LogP) is 1.42. The molecule has 0 spiro atoms. The Labute approximate surface area is 124 Å². The summed E-state index contributed by atoms with van der Waals surface area (Å²) in [5, 5.41) is 3.38. The third-order valence-corrected chi connectivity index (χ3v) is 4.73. The minimum Gasteiger partial charge on any atom is -0.378 e. The van der Waals surface area contributed by atoms with Gasteiger partial charge in [-0.2, -0.15) is 0 Å². The van der Waals surface area contributed by atoms with Crippen molar-refractivity contribution in [1.82, 2.24) is 15.1 Å². The normalized spacial score (nSPS) is 23.6. The van der Waals surface area contributed by atoms with Gasteiger partial charge in [0.2, 0.25) is 0 Å². The van der Waals surface area contributed by atoms with Crippen molar-refractivity contribution in [1.29, 1.82) is 0 Å². The molecule has 0 amide bonds. The summed E-state index contributed by atoms with van der Waals surface area (Å²) >= 11 is 0. The second-order valence-corrected chi connectivity index (χ2v) is 6.68. The fourth-order valence-corrected chi connectivity index (χ4v) is 3.32. The first-order chi connectivity index (χ1) is 9.74. The van der Waals surface area contributed by atoms with Gasteiger partial charge in [0.1, 0.15) is 0 Å². The van der Waals surface area contributed by atoms with Gasteiger partial charge in [0.25, 0.3) is 0 Å². The quantitative estimate of drug-likeness (QED) is 0.715. The van der Waals surface area contributed by atoms with Gasteiger partial charge < -0.3 is 19.9 Å². The molecule has 0 atom stereocenters. The first kappa shape index (κ1) is 16.2. The molecule has 0 aromatic rings. The smallest absolute Gasteiger partial charge is 0.0599 e. The van der Waals surface area contributed by atoms with E-state index in [1.54, 1.807) is 0 Å². The summed E-state index contributed by atoms with van der Waals surface area (Å²) in [6, 6.07) is 0. The molecule has 2 fully saturated rings. The van der Waals surface area contributed by atoms with Crippen LogP contribution in [0, 0.1) is 5.92 Å². The third kappa shape index (κ3) is 6.08. The maximum atomic E-state index is 5.96. The van der Waals surface area contributed by atoms with Gasteiger partial charge in [0.05, 0.1) is 6.10 Å². The number of nitrogens with zero attached hydrogens (tertiary/aromatic N) is 2. The van der Waals surface area contributed by atoms with Crippen LogP contribution in [0.2, 0.25) is 0 Å². The molecular weight excluding hydrogens is 250 g/mol. The zero-order valence-electron chi connectivity index (χ0n) is 13.4. The first-order valence-corrected chi connectivity index (χ1v) is 8.43. The molecule has 2 rings (SSSR count). The van der Waals surface area contributed by atoms with Gasteiger partial charge in [-0.1, -0.05) is 0 Å². The van der Waals surface area contributed by atoms with Crippen LogP contribution in [0.25, 0.3) is 0 Å². The van der Waals surface area contributed by atoms with Crippen molar-refractivity contribution in [3.8, 4) is 0 Å². The molecule has 2 heterocycles. The van der Waals surface area contributed by atoms with Crippen LogP contribution in [0.1, 0.15) is 32.1 Å². The van der Waals surface area contributed by atoms with Crippen LogP contribution in [-0.2, 0) is 4.74 Å². The van der Waals surface area contributed by atoms with Gasteiger partial charge >= 0.3 is 0 Å². The fraction of sp³-hybridized carbons (Fsp3) is 1.00. The molecule has 4 nitrogen and oxygen atoms in total. The van der Waals surface area contributed by atoms with E-state index in [0.717, 1.165) is 25.6 Å². The van der Waals surface area contributed by atoms with E-state index in [1.165, 1.54) is 58.3 Å². The molecule has 0 aliphatic carbocycles. The van der Waals surface area contributed by atoms with E-state index in [-0.39, 0.29) is 0 Å². The Morgan fingerprint density at radius 3 is 2.55 bits per heavy atom. The van der Waals surface area contributed by atoms with E-state index in [0.29, 0.717) is 6.10 Å². The fourth-order valence-electron chi connectivity index (χ4n) is 3.32. The van der Waals surface area contributed by atoms with Gasteiger partial charge in [-0.25, -0.2) is 0 Å². The van der Waals surface area contributed by atoms with Gasteiger partial charge in [-0.3, -0.25) is 0 Å². The molecular formula is C16H33N3O. The van der Waals surface area contributed by atoms with Crippen LogP contribution in [0.3, 0.4) is 0 Å².